The van der Waals surface area contributed by atoms with Crippen molar-refractivity contribution in [2.45, 2.75) is 6.92 Å². The molecule has 2 N–H and O–H groups in total. The van der Waals surface area contributed by atoms with Crippen LogP contribution in [0.25, 0.3) is 22.6 Å². The van der Waals surface area contributed by atoms with Gasteiger partial charge in [0.25, 0.3) is 5.56 Å². The molecule has 0 atom stereocenters. The summed E-state index contributed by atoms with van der Waals surface area (Å²) in [5, 5.41) is 0. The third kappa shape index (κ3) is 1.61. The summed E-state index contributed by atoms with van der Waals surface area (Å²) in [5.41, 5.74) is 1.60. The monoisotopic (exact) mass is 226 g/mol. The first-order valence-corrected chi connectivity index (χ1v) is 5.26. The van der Waals surface area contributed by atoms with E-state index in [1.54, 1.807) is 6.92 Å². The number of hydrogen-bond donors (Lipinski definition) is 2. The Morgan fingerprint density at radius 2 is 1.82 bits per heavy atom. The van der Waals surface area contributed by atoms with Crippen molar-refractivity contribution in [3.63, 3.8) is 0 Å². The highest BCUT2D eigenvalue weighted by Crippen LogP contribution is 2.16. The molecule has 0 radical (unpaired) electrons. The minimum absolute atomic E-state index is 0.192. The molecule has 84 valence electrons. The predicted octanol–water partition coefficient (Wildman–Crippen LogP) is 1.62. The van der Waals surface area contributed by atoms with Crippen LogP contribution in [0, 0.1) is 6.92 Å². The zero-order valence-corrected chi connectivity index (χ0v) is 9.19. The summed E-state index contributed by atoms with van der Waals surface area (Å²) in [6.07, 6.45) is 0. The van der Waals surface area contributed by atoms with Crippen molar-refractivity contribution in [3.8, 4) is 11.4 Å². The molecule has 0 aliphatic heterocycles. The van der Waals surface area contributed by atoms with E-state index in [0.29, 0.717) is 22.8 Å². The van der Waals surface area contributed by atoms with E-state index in [2.05, 4.69) is 19.9 Å². The number of aryl methyl sites for hydroxylation is 1. The first-order chi connectivity index (χ1) is 8.24. The maximum absolute atomic E-state index is 11.7. The van der Waals surface area contributed by atoms with E-state index >= 15 is 0 Å². The normalized spacial score (nSPS) is 10.9. The number of fused-ring (bicyclic) bond motifs is 1. The molecular weight excluding hydrogens is 216 g/mol. The van der Waals surface area contributed by atoms with Gasteiger partial charge < -0.3 is 9.97 Å². The molecule has 0 aliphatic rings. The van der Waals surface area contributed by atoms with Crippen molar-refractivity contribution >= 4 is 11.2 Å². The number of benzene rings is 1. The molecule has 0 spiro atoms. The van der Waals surface area contributed by atoms with Gasteiger partial charge in [0.05, 0.1) is 0 Å². The van der Waals surface area contributed by atoms with Crippen LogP contribution in [0.3, 0.4) is 0 Å². The number of nitrogens with zero attached hydrogens (tertiary/aromatic N) is 2. The summed E-state index contributed by atoms with van der Waals surface area (Å²) >= 11 is 0. The van der Waals surface area contributed by atoms with Crippen LogP contribution in [-0.4, -0.2) is 19.9 Å². The smallest absolute Gasteiger partial charge is 0.276 e. The van der Waals surface area contributed by atoms with Crippen LogP contribution in [0.4, 0.5) is 0 Å². The Morgan fingerprint density at radius 1 is 1.06 bits per heavy atom. The Balaban J connectivity index is 2.28. The number of rotatable bonds is 1. The van der Waals surface area contributed by atoms with E-state index in [-0.39, 0.29) is 5.56 Å². The lowest BCUT2D eigenvalue weighted by molar-refractivity contribution is 1.05. The van der Waals surface area contributed by atoms with Gasteiger partial charge >= 0.3 is 0 Å². The molecule has 3 rings (SSSR count). The molecule has 5 heteroatoms. The third-order valence-electron chi connectivity index (χ3n) is 2.53. The van der Waals surface area contributed by atoms with Crippen LogP contribution in [0.15, 0.2) is 35.1 Å². The second-order valence-electron chi connectivity index (χ2n) is 3.80. The molecule has 2 aromatic heterocycles. The molecule has 0 unspecified atom stereocenters. The minimum atomic E-state index is -0.192. The van der Waals surface area contributed by atoms with Crippen LogP contribution in [0.5, 0.6) is 0 Å². The predicted molar refractivity (Wildman–Crippen MR) is 64.7 cm³/mol. The second kappa shape index (κ2) is 3.55. The molecule has 0 bridgehead atoms. The van der Waals surface area contributed by atoms with Crippen LogP contribution < -0.4 is 5.56 Å². The van der Waals surface area contributed by atoms with E-state index < -0.39 is 0 Å². The molecular formula is C12H10N4O. The van der Waals surface area contributed by atoms with E-state index in [1.807, 2.05) is 30.3 Å². The Morgan fingerprint density at radius 3 is 2.59 bits per heavy atom. The molecule has 0 fully saturated rings. The van der Waals surface area contributed by atoms with Gasteiger partial charge in [0.15, 0.2) is 11.2 Å². The number of hydrogen-bond acceptors (Lipinski definition) is 3. The maximum atomic E-state index is 11.7. The summed E-state index contributed by atoms with van der Waals surface area (Å²) in [7, 11) is 0. The van der Waals surface area contributed by atoms with Gasteiger partial charge in [-0.2, -0.15) is 0 Å². The Bertz CT molecular complexity index is 727. The van der Waals surface area contributed by atoms with Gasteiger partial charge in [0.1, 0.15) is 11.6 Å². The molecule has 1 aromatic carbocycles. The lowest BCUT2D eigenvalue weighted by atomic mass is 10.2. The summed E-state index contributed by atoms with van der Waals surface area (Å²) in [6, 6.07) is 9.63. The fourth-order valence-corrected chi connectivity index (χ4v) is 1.75. The number of aromatic nitrogens is 4. The largest absolute Gasteiger partial charge is 0.332 e. The molecule has 2 heterocycles. The Labute approximate surface area is 96.6 Å². The molecule has 17 heavy (non-hydrogen) atoms. The Kier molecular flexibility index (Phi) is 2.04. The maximum Gasteiger partial charge on any atom is 0.276 e. The van der Waals surface area contributed by atoms with Gasteiger partial charge in [-0.25, -0.2) is 9.97 Å². The van der Waals surface area contributed by atoms with Gasteiger partial charge in [-0.3, -0.25) is 4.79 Å². The van der Waals surface area contributed by atoms with Crippen LogP contribution in [0.1, 0.15) is 5.82 Å². The van der Waals surface area contributed by atoms with E-state index in [9.17, 15) is 4.79 Å². The molecule has 0 amide bonds. The van der Waals surface area contributed by atoms with Crippen molar-refractivity contribution in [3.05, 3.63) is 46.5 Å². The number of nitrogens with one attached hydrogen (secondary N) is 2. The lowest BCUT2D eigenvalue weighted by Crippen LogP contribution is -2.09. The molecule has 0 aliphatic carbocycles. The van der Waals surface area contributed by atoms with E-state index in [0.717, 1.165) is 5.56 Å². The summed E-state index contributed by atoms with van der Waals surface area (Å²) in [6.45, 7) is 1.73. The van der Waals surface area contributed by atoms with Crippen molar-refractivity contribution in [2.24, 2.45) is 0 Å². The average Bonchev–Trinajstić information content (AvgIpc) is 2.74. The van der Waals surface area contributed by atoms with Crippen molar-refractivity contribution in [1.29, 1.82) is 0 Å². The topological polar surface area (TPSA) is 74.4 Å². The molecule has 5 nitrogen and oxygen atoms in total. The third-order valence-corrected chi connectivity index (χ3v) is 2.53. The molecule has 0 saturated heterocycles. The van der Waals surface area contributed by atoms with Crippen molar-refractivity contribution < 1.29 is 0 Å². The highest BCUT2D eigenvalue weighted by atomic mass is 16.1. The van der Waals surface area contributed by atoms with Gasteiger partial charge in [-0.15, -0.1) is 0 Å². The highest BCUT2D eigenvalue weighted by Gasteiger charge is 2.09. The first-order valence-electron chi connectivity index (χ1n) is 5.26. The lowest BCUT2D eigenvalue weighted by Gasteiger charge is -1.92. The van der Waals surface area contributed by atoms with Gasteiger partial charge in [0.2, 0.25) is 0 Å². The van der Waals surface area contributed by atoms with E-state index in [1.165, 1.54) is 0 Å². The first kappa shape index (κ1) is 9.77. The number of imidazole rings is 1. The zero-order valence-electron chi connectivity index (χ0n) is 9.19. The standard InChI is InChI=1S/C12H10N4O/c1-7-13-11-9(12(17)14-7)15-10(16-11)8-5-3-2-4-6-8/h2-6H,1H3,(H2,13,14,15,16,17). The van der Waals surface area contributed by atoms with Gasteiger partial charge in [-0.1, -0.05) is 30.3 Å². The van der Waals surface area contributed by atoms with Gasteiger partial charge in [-0.05, 0) is 6.92 Å². The fourth-order valence-electron chi connectivity index (χ4n) is 1.75. The quantitative estimate of drug-likeness (QED) is 0.662. The average molecular weight is 226 g/mol. The Hall–Kier alpha value is -2.43. The van der Waals surface area contributed by atoms with E-state index in [4.69, 9.17) is 0 Å². The summed E-state index contributed by atoms with van der Waals surface area (Å²) in [4.78, 5) is 25.8. The fraction of sp³-hybridized carbons (Fsp3) is 0.0833. The molecule has 0 saturated carbocycles. The van der Waals surface area contributed by atoms with Crippen molar-refractivity contribution in [1.82, 2.24) is 19.9 Å². The van der Waals surface area contributed by atoms with Gasteiger partial charge in [0, 0.05) is 5.56 Å². The zero-order chi connectivity index (χ0) is 11.8. The second-order valence-corrected chi connectivity index (χ2v) is 3.80. The minimum Gasteiger partial charge on any atom is -0.332 e. The molecule has 3 aromatic rings. The highest BCUT2D eigenvalue weighted by molar-refractivity contribution is 5.74. The number of H-pyrrole nitrogens is 2. The SMILES string of the molecule is Cc1nc2nc(-c3ccccc3)[nH]c2c(=O)[nH]1. The van der Waals surface area contributed by atoms with Crippen molar-refractivity contribution in [2.75, 3.05) is 0 Å². The van der Waals surface area contributed by atoms with Crippen LogP contribution in [-0.2, 0) is 0 Å². The van der Waals surface area contributed by atoms with Crippen LogP contribution in [0.2, 0.25) is 0 Å². The number of aromatic amines is 2. The van der Waals surface area contributed by atoms with Crippen LogP contribution >= 0.6 is 0 Å². The summed E-state index contributed by atoms with van der Waals surface area (Å²) < 4.78 is 0. The summed E-state index contributed by atoms with van der Waals surface area (Å²) in [5.74, 6) is 1.22.